The highest BCUT2D eigenvalue weighted by Gasteiger charge is 2.46. The Morgan fingerprint density at radius 2 is 1.95 bits per heavy atom. The Morgan fingerprint density at radius 1 is 1.36 bits per heavy atom. The number of nitrogens with zero attached hydrogens (tertiary/aromatic N) is 2. The molecule has 0 bridgehead atoms. The van der Waals surface area contributed by atoms with E-state index >= 15 is 0 Å². The molecule has 1 atom stereocenters. The number of rotatable bonds is 1. The monoisotopic (exact) mass is 312 g/mol. The van der Waals surface area contributed by atoms with Gasteiger partial charge in [-0.3, -0.25) is 4.79 Å². The first-order chi connectivity index (χ1) is 10.2. The summed E-state index contributed by atoms with van der Waals surface area (Å²) in [4.78, 5) is 27.6. The molecule has 2 rings (SSSR count). The van der Waals surface area contributed by atoms with Gasteiger partial charge in [-0.15, -0.1) is 0 Å². The number of likely N-dealkylation sites (N-methyl/N-ethyl adjacent to an activating group) is 1. The molecule has 0 aliphatic carbocycles. The number of hydrogen-bond acceptors (Lipinski definition) is 4. The Hall–Kier alpha value is -1.30. The van der Waals surface area contributed by atoms with E-state index < -0.39 is 5.60 Å². The fourth-order valence-corrected chi connectivity index (χ4v) is 3.10. The van der Waals surface area contributed by atoms with Gasteiger partial charge in [0.25, 0.3) is 5.91 Å². The number of carbonyl (C=O) groups is 2. The molecule has 2 aliphatic rings. The second kappa shape index (κ2) is 6.07. The first-order valence-corrected chi connectivity index (χ1v) is 8.06. The van der Waals surface area contributed by atoms with Crippen LogP contribution in [-0.2, 0) is 14.3 Å². The summed E-state index contributed by atoms with van der Waals surface area (Å²) in [6.07, 6.45) is 1.53. The van der Waals surface area contributed by atoms with Crippen LogP contribution in [0.5, 0.6) is 0 Å². The molecular formula is C16H28N2O4. The van der Waals surface area contributed by atoms with Gasteiger partial charge in [-0.05, 0) is 40.0 Å². The van der Waals surface area contributed by atoms with Crippen LogP contribution in [0.15, 0.2) is 0 Å². The zero-order valence-corrected chi connectivity index (χ0v) is 14.3. The standard InChI is InChI=1S/C16H28N2O4/c1-6-12-13(19)17(5)11-16(21-12)7-9-18(10-8-16)14(20)22-15(2,3)4/h12H,6-11H2,1-5H3/t12-/m1/s1. The van der Waals surface area contributed by atoms with E-state index in [2.05, 4.69) is 0 Å². The van der Waals surface area contributed by atoms with Crippen molar-refractivity contribution in [3.63, 3.8) is 0 Å². The number of carbonyl (C=O) groups excluding carboxylic acids is 2. The summed E-state index contributed by atoms with van der Waals surface area (Å²) in [6.45, 7) is 9.38. The molecule has 2 fully saturated rings. The largest absolute Gasteiger partial charge is 0.444 e. The van der Waals surface area contributed by atoms with Gasteiger partial charge in [-0.2, -0.15) is 0 Å². The van der Waals surface area contributed by atoms with E-state index in [1.807, 2.05) is 34.7 Å². The van der Waals surface area contributed by atoms with Gasteiger partial charge < -0.3 is 19.3 Å². The van der Waals surface area contributed by atoms with Crippen molar-refractivity contribution in [3.8, 4) is 0 Å². The van der Waals surface area contributed by atoms with Crippen molar-refractivity contribution < 1.29 is 19.1 Å². The number of morpholine rings is 1. The molecule has 22 heavy (non-hydrogen) atoms. The Labute approximate surface area is 132 Å². The zero-order chi connectivity index (χ0) is 16.5. The topological polar surface area (TPSA) is 59.1 Å². The van der Waals surface area contributed by atoms with E-state index in [4.69, 9.17) is 9.47 Å². The normalized spacial score (nSPS) is 25.5. The van der Waals surface area contributed by atoms with Crippen LogP contribution in [0, 0.1) is 0 Å². The molecule has 0 aromatic rings. The summed E-state index contributed by atoms with van der Waals surface area (Å²) in [5.74, 6) is 0.0581. The highest BCUT2D eigenvalue weighted by atomic mass is 16.6. The smallest absolute Gasteiger partial charge is 0.410 e. The van der Waals surface area contributed by atoms with Gasteiger partial charge >= 0.3 is 6.09 Å². The van der Waals surface area contributed by atoms with Crippen LogP contribution in [0.25, 0.3) is 0 Å². The van der Waals surface area contributed by atoms with Gasteiger partial charge in [0, 0.05) is 26.7 Å². The summed E-state index contributed by atoms with van der Waals surface area (Å²) in [7, 11) is 1.83. The molecule has 0 aromatic heterocycles. The lowest BCUT2D eigenvalue weighted by Crippen LogP contribution is -2.61. The van der Waals surface area contributed by atoms with Gasteiger partial charge in [0.1, 0.15) is 11.7 Å². The van der Waals surface area contributed by atoms with Crippen molar-refractivity contribution >= 4 is 12.0 Å². The lowest BCUT2D eigenvalue weighted by molar-refractivity contribution is -0.189. The van der Waals surface area contributed by atoms with Crippen molar-refractivity contribution in [3.05, 3.63) is 0 Å². The second-order valence-corrected chi connectivity index (χ2v) is 7.36. The first-order valence-electron chi connectivity index (χ1n) is 8.06. The van der Waals surface area contributed by atoms with E-state index in [9.17, 15) is 9.59 Å². The van der Waals surface area contributed by atoms with Crippen LogP contribution in [0.1, 0.15) is 47.0 Å². The summed E-state index contributed by atoms with van der Waals surface area (Å²) >= 11 is 0. The maximum atomic E-state index is 12.1. The average molecular weight is 312 g/mol. The lowest BCUT2D eigenvalue weighted by atomic mass is 9.88. The van der Waals surface area contributed by atoms with Gasteiger partial charge in [-0.1, -0.05) is 6.92 Å². The number of piperidine rings is 1. The van der Waals surface area contributed by atoms with E-state index in [0.29, 0.717) is 26.1 Å². The molecular weight excluding hydrogens is 284 g/mol. The molecule has 2 aliphatic heterocycles. The van der Waals surface area contributed by atoms with Crippen LogP contribution in [0.2, 0.25) is 0 Å². The molecule has 6 heteroatoms. The Morgan fingerprint density at radius 3 is 2.45 bits per heavy atom. The minimum atomic E-state index is -0.479. The third-order valence-corrected chi connectivity index (χ3v) is 4.27. The van der Waals surface area contributed by atoms with E-state index in [1.54, 1.807) is 9.80 Å². The summed E-state index contributed by atoms with van der Waals surface area (Å²) in [5, 5.41) is 0. The molecule has 6 nitrogen and oxygen atoms in total. The minimum absolute atomic E-state index is 0.0581. The Balaban J connectivity index is 1.96. The number of hydrogen-bond donors (Lipinski definition) is 0. The summed E-state index contributed by atoms with van der Waals surface area (Å²) in [5.41, 5.74) is -0.796. The van der Waals surface area contributed by atoms with Crippen LogP contribution in [0.4, 0.5) is 4.79 Å². The van der Waals surface area contributed by atoms with Crippen LogP contribution < -0.4 is 0 Å². The molecule has 0 radical (unpaired) electrons. The lowest BCUT2D eigenvalue weighted by Gasteiger charge is -2.48. The number of likely N-dealkylation sites (tertiary alicyclic amines) is 1. The van der Waals surface area contributed by atoms with Crippen molar-refractivity contribution in [2.75, 3.05) is 26.7 Å². The number of ether oxygens (including phenoxy) is 2. The molecule has 2 heterocycles. The van der Waals surface area contributed by atoms with Crippen molar-refractivity contribution in [1.29, 1.82) is 0 Å². The summed E-state index contributed by atoms with van der Waals surface area (Å²) in [6, 6.07) is 0. The molecule has 1 spiro atoms. The predicted octanol–water partition coefficient (Wildman–Crippen LogP) is 2.02. The minimum Gasteiger partial charge on any atom is -0.444 e. The molecule has 0 saturated carbocycles. The van der Waals surface area contributed by atoms with Gasteiger partial charge in [0.2, 0.25) is 0 Å². The van der Waals surface area contributed by atoms with E-state index in [-0.39, 0.29) is 23.7 Å². The average Bonchev–Trinajstić information content (AvgIpc) is 2.42. The SMILES string of the molecule is CC[C@H]1OC2(CCN(C(=O)OC(C)(C)C)CC2)CN(C)C1=O. The fourth-order valence-electron chi connectivity index (χ4n) is 3.10. The first kappa shape index (κ1) is 17.1. The van der Waals surface area contributed by atoms with Crippen molar-refractivity contribution in [2.24, 2.45) is 0 Å². The van der Waals surface area contributed by atoms with Crippen LogP contribution in [0.3, 0.4) is 0 Å². The van der Waals surface area contributed by atoms with E-state index in [0.717, 1.165) is 12.8 Å². The summed E-state index contributed by atoms with van der Waals surface area (Å²) < 4.78 is 11.5. The fraction of sp³-hybridized carbons (Fsp3) is 0.875. The van der Waals surface area contributed by atoms with Gasteiger partial charge in [0.05, 0.1) is 5.60 Å². The van der Waals surface area contributed by atoms with Crippen molar-refractivity contribution in [2.45, 2.75) is 64.3 Å². The van der Waals surface area contributed by atoms with Crippen LogP contribution >= 0.6 is 0 Å². The molecule has 0 unspecified atom stereocenters. The van der Waals surface area contributed by atoms with Gasteiger partial charge in [0.15, 0.2) is 0 Å². The maximum Gasteiger partial charge on any atom is 0.410 e. The Bertz CT molecular complexity index is 436. The predicted molar refractivity (Wildman–Crippen MR) is 82.6 cm³/mol. The molecule has 0 aromatic carbocycles. The van der Waals surface area contributed by atoms with Gasteiger partial charge in [-0.25, -0.2) is 4.79 Å². The third-order valence-electron chi connectivity index (χ3n) is 4.27. The zero-order valence-electron chi connectivity index (χ0n) is 14.3. The molecule has 0 N–H and O–H groups in total. The highest BCUT2D eigenvalue weighted by Crippen LogP contribution is 2.33. The maximum absolute atomic E-state index is 12.1. The second-order valence-electron chi connectivity index (χ2n) is 7.36. The molecule has 126 valence electrons. The third kappa shape index (κ3) is 3.72. The Kier molecular flexibility index (Phi) is 4.70. The highest BCUT2D eigenvalue weighted by molar-refractivity contribution is 5.81. The number of amides is 2. The van der Waals surface area contributed by atoms with E-state index in [1.165, 1.54) is 0 Å². The van der Waals surface area contributed by atoms with Crippen LogP contribution in [-0.4, -0.2) is 65.8 Å². The molecule has 2 amide bonds. The quantitative estimate of drug-likeness (QED) is 0.743. The molecule has 2 saturated heterocycles. The van der Waals surface area contributed by atoms with Crippen molar-refractivity contribution in [1.82, 2.24) is 9.80 Å².